The van der Waals surface area contributed by atoms with Crippen molar-refractivity contribution >= 4 is 23.3 Å². The molecule has 1 atom stereocenters. The van der Waals surface area contributed by atoms with Crippen molar-refractivity contribution in [2.75, 3.05) is 13.1 Å². The lowest BCUT2D eigenvalue weighted by Gasteiger charge is -2.17. The van der Waals surface area contributed by atoms with Gasteiger partial charge in [-0.05, 0) is 48.0 Å². The van der Waals surface area contributed by atoms with Gasteiger partial charge in [-0.25, -0.2) is 0 Å². The molecule has 0 amide bonds. The molecule has 128 valence electrons. The number of aromatic nitrogens is 1. The molecule has 4 rings (SSSR count). The van der Waals surface area contributed by atoms with Crippen LogP contribution in [0.3, 0.4) is 0 Å². The van der Waals surface area contributed by atoms with E-state index in [0.717, 1.165) is 25.2 Å². The molecule has 2 aromatic carbocycles. The zero-order chi connectivity index (χ0) is 16.4. The van der Waals surface area contributed by atoms with Crippen molar-refractivity contribution in [3.63, 3.8) is 0 Å². The molecule has 25 heavy (non-hydrogen) atoms. The Hall–Kier alpha value is -2.28. The van der Waals surface area contributed by atoms with Crippen molar-refractivity contribution < 1.29 is 0 Å². The van der Waals surface area contributed by atoms with Gasteiger partial charge in [0.15, 0.2) is 0 Å². The molecule has 0 radical (unpaired) electrons. The number of likely N-dealkylation sites (tertiary alicyclic amines) is 1. The second kappa shape index (κ2) is 7.74. The van der Waals surface area contributed by atoms with E-state index in [9.17, 15) is 0 Å². The molecule has 1 saturated heterocycles. The van der Waals surface area contributed by atoms with Gasteiger partial charge in [0.2, 0.25) is 0 Å². The van der Waals surface area contributed by atoms with Crippen LogP contribution in [-0.4, -0.2) is 22.6 Å². The van der Waals surface area contributed by atoms with Crippen LogP contribution in [0.15, 0.2) is 60.8 Å². The summed E-state index contributed by atoms with van der Waals surface area (Å²) in [5.74, 6) is 0.676. The Labute approximate surface area is 154 Å². The maximum Gasteiger partial charge on any atom is 0.0992 e. The van der Waals surface area contributed by atoms with Crippen LogP contribution in [-0.2, 0) is 13.1 Å². The van der Waals surface area contributed by atoms with E-state index in [1.54, 1.807) is 0 Å². The monoisotopic (exact) mass is 351 g/mol. The van der Waals surface area contributed by atoms with Gasteiger partial charge in [0.25, 0.3) is 0 Å². The van der Waals surface area contributed by atoms with E-state index in [1.807, 2.05) is 18.2 Å². The van der Waals surface area contributed by atoms with E-state index in [2.05, 4.69) is 58.1 Å². The highest BCUT2D eigenvalue weighted by atomic mass is 35.5. The lowest BCUT2D eigenvalue weighted by molar-refractivity contribution is 0.310. The van der Waals surface area contributed by atoms with Crippen molar-refractivity contribution in [2.45, 2.75) is 19.5 Å². The van der Waals surface area contributed by atoms with E-state index in [-0.39, 0.29) is 12.4 Å². The third-order valence-electron chi connectivity index (χ3n) is 4.98. The maximum absolute atomic E-state index is 9.12. The van der Waals surface area contributed by atoms with Crippen molar-refractivity contribution in [1.29, 1.82) is 5.26 Å². The number of nitriles is 1. The highest BCUT2D eigenvalue weighted by molar-refractivity contribution is 5.85. The van der Waals surface area contributed by atoms with Crippen LogP contribution in [0.2, 0.25) is 0 Å². The molecule has 0 N–H and O–H groups in total. The summed E-state index contributed by atoms with van der Waals surface area (Å²) < 4.78 is 2.31. The topological polar surface area (TPSA) is 32.0 Å². The fraction of sp³-hybridized carbons (Fsp3) is 0.286. The molecule has 3 aromatic rings. The number of hydrogen-bond donors (Lipinski definition) is 0. The van der Waals surface area contributed by atoms with Crippen molar-refractivity contribution in [2.24, 2.45) is 5.92 Å². The molecule has 0 aliphatic carbocycles. The van der Waals surface area contributed by atoms with E-state index in [4.69, 9.17) is 5.26 Å². The average Bonchev–Trinajstić information content (AvgIpc) is 3.23. The minimum absolute atomic E-state index is 0. The molecule has 1 aliphatic heterocycles. The number of benzene rings is 2. The third-order valence-corrected chi connectivity index (χ3v) is 4.98. The van der Waals surface area contributed by atoms with Gasteiger partial charge in [-0.2, -0.15) is 5.26 Å². The fourth-order valence-corrected chi connectivity index (χ4v) is 3.74. The molecular formula is C21H22ClN3. The van der Waals surface area contributed by atoms with Gasteiger partial charge in [0.05, 0.1) is 11.6 Å². The zero-order valence-electron chi connectivity index (χ0n) is 14.1. The highest BCUT2D eigenvalue weighted by Crippen LogP contribution is 2.24. The SMILES string of the molecule is Cl.N#Cc1ccc2ccn(CC3CCN(Cc4ccccc4)C3)c2c1. The number of hydrogen-bond acceptors (Lipinski definition) is 2. The molecule has 1 fully saturated rings. The number of halogens is 1. The molecule has 0 bridgehead atoms. The smallest absolute Gasteiger partial charge is 0.0992 e. The second-order valence-corrected chi connectivity index (χ2v) is 6.73. The van der Waals surface area contributed by atoms with E-state index in [0.29, 0.717) is 5.92 Å². The normalized spacial score (nSPS) is 17.3. The summed E-state index contributed by atoms with van der Waals surface area (Å²) in [6.07, 6.45) is 3.40. The van der Waals surface area contributed by atoms with Gasteiger partial charge in [-0.3, -0.25) is 4.90 Å². The maximum atomic E-state index is 9.12. The summed E-state index contributed by atoms with van der Waals surface area (Å²) in [5.41, 5.74) is 3.30. The van der Waals surface area contributed by atoms with Crippen molar-refractivity contribution in [3.05, 3.63) is 71.9 Å². The molecular weight excluding hydrogens is 330 g/mol. The van der Waals surface area contributed by atoms with E-state index >= 15 is 0 Å². The summed E-state index contributed by atoms with van der Waals surface area (Å²) in [5, 5.41) is 10.3. The Morgan fingerprint density at radius 1 is 1.08 bits per heavy atom. The molecule has 3 nitrogen and oxygen atoms in total. The van der Waals surface area contributed by atoms with Crippen LogP contribution in [0, 0.1) is 17.2 Å². The lowest BCUT2D eigenvalue weighted by atomic mass is 10.1. The van der Waals surface area contributed by atoms with Crippen LogP contribution in [0.1, 0.15) is 17.5 Å². The summed E-state index contributed by atoms with van der Waals surface area (Å²) in [7, 11) is 0. The molecule has 4 heteroatoms. The Bertz CT molecular complexity index is 879. The fourth-order valence-electron chi connectivity index (χ4n) is 3.74. The number of rotatable bonds is 4. The first-order chi connectivity index (χ1) is 11.8. The predicted octanol–water partition coefficient (Wildman–Crippen LogP) is 4.46. The van der Waals surface area contributed by atoms with Crippen LogP contribution >= 0.6 is 12.4 Å². The Morgan fingerprint density at radius 3 is 2.72 bits per heavy atom. The van der Waals surface area contributed by atoms with Gasteiger partial charge in [0, 0.05) is 31.3 Å². The predicted molar refractivity (Wildman–Crippen MR) is 104 cm³/mol. The second-order valence-electron chi connectivity index (χ2n) is 6.73. The van der Waals surface area contributed by atoms with Gasteiger partial charge in [-0.1, -0.05) is 36.4 Å². The van der Waals surface area contributed by atoms with Gasteiger partial charge >= 0.3 is 0 Å². The van der Waals surface area contributed by atoms with Crippen LogP contribution in [0.5, 0.6) is 0 Å². The average molecular weight is 352 g/mol. The zero-order valence-corrected chi connectivity index (χ0v) is 15.0. The first kappa shape index (κ1) is 17.5. The Morgan fingerprint density at radius 2 is 1.92 bits per heavy atom. The first-order valence-corrected chi connectivity index (χ1v) is 8.57. The van der Waals surface area contributed by atoms with Crippen LogP contribution in [0.4, 0.5) is 0 Å². The Kier molecular flexibility index (Phi) is 5.43. The van der Waals surface area contributed by atoms with Crippen molar-refractivity contribution in [3.8, 4) is 6.07 Å². The van der Waals surface area contributed by atoms with Crippen LogP contribution < -0.4 is 0 Å². The quantitative estimate of drug-likeness (QED) is 0.695. The molecule has 0 saturated carbocycles. The van der Waals surface area contributed by atoms with E-state index < -0.39 is 0 Å². The highest BCUT2D eigenvalue weighted by Gasteiger charge is 2.23. The minimum atomic E-state index is 0. The molecule has 1 aromatic heterocycles. The molecule has 2 heterocycles. The molecule has 1 aliphatic rings. The summed E-state index contributed by atoms with van der Waals surface area (Å²) in [6, 6.07) is 21.0. The minimum Gasteiger partial charge on any atom is -0.347 e. The van der Waals surface area contributed by atoms with Gasteiger partial charge in [0.1, 0.15) is 0 Å². The van der Waals surface area contributed by atoms with E-state index in [1.165, 1.54) is 29.4 Å². The van der Waals surface area contributed by atoms with Crippen LogP contribution in [0.25, 0.3) is 10.9 Å². The number of nitrogens with zero attached hydrogens (tertiary/aromatic N) is 3. The molecule has 1 unspecified atom stereocenters. The Balaban J connectivity index is 0.00000182. The lowest BCUT2D eigenvalue weighted by Crippen LogP contribution is -2.21. The third kappa shape index (κ3) is 3.87. The largest absolute Gasteiger partial charge is 0.347 e. The standard InChI is InChI=1S/C21H21N3.ClH/c22-13-18-6-7-20-9-11-24(21(20)12-18)16-19-8-10-23(15-19)14-17-4-2-1-3-5-17;/h1-7,9,11-12,19H,8,10,14-16H2;1H. The van der Waals surface area contributed by atoms with Gasteiger partial charge in [-0.15, -0.1) is 12.4 Å². The van der Waals surface area contributed by atoms with Crippen molar-refractivity contribution in [1.82, 2.24) is 9.47 Å². The van der Waals surface area contributed by atoms with Gasteiger partial charge < -0.3 is 4.57 Å². The molecule has 0 spiro atoms. The first-order valence-electron chi connectivity index (χ1n) is 8.57. The summed E-state index contributed by atoms with van der Waals surface area (Å²) >= 11 is 0. The summed E-state index contributed by atoms with van der Waals surface area (Å²) in [6.45, 7) is 4.39. The summed E-state index contributed by atoms with van der Waals surface area (Å²) in [4.78, 5) is 2.55. The number of fused-ring (bicyclic) bond motifs is 1.